The number of nitrogens with zero attached hydrogens (tertiary/aromatic N) is 3. The molecule has 1 aromatic carbocycles. The Morgan fingerprint density at radius 3 is 2.79 bits per heavy atom. The summed E-state index contributed by atoms with van der Waals surface area (Å²) in [6.45, 7) is 2.63. The van der Waals surface area contributed by atoms with E-state index < -0.39 is 11.5 Å². The number of carbonyl (C=O) groups is 1. The first kappa shape index (κ1) is 18.7. The number of aromatic amines is 1. The van der Waals surface area contributed by atoms with Crippen molar-refractivity contribution >= 4 is 16.8 Å². The summed E-state index contributed by atoms with van der Waals surface area (Å²) in [5.41, 5.74) is 2.29. The van der Waals surface area contributed by atoms with Crippen LogP contribution in [-0.4, -0.2) is 32.2 Å². The average molecular weight is 391 g/mol. The average Bonchev–Trinajstić information content (AvgIpc) is 3.36. The van der Waals surface area contributed by atoms with Gasteiger partial charge in [-0.15, -0.1) is 10.2 Å². The maximum absolute atomic E-state index is 12.4. The number of hydrogen-bond acceptors (Lipinski definition) is 5. The molecule has 148 valence electrons. The number of nitrogens with one attached hydrogen (secondary N) is 2. The third-order valence-corrected chi connectivity index (χ3v) is 4.86. The first-order valence-electron chi connectivity index (χ1n) is 9.41. The molecule has 1 amide bonds. The third kappa shape index (κ3) is 4.11. The third-order valence-electron chi connectivity index (χ3n) is 4.86. The molecule has 0 spiro atoms. The molecule has 0 atom stereocenters. The van der Waals surface area contributed by atoms with Crippen molar-refractivity contribution < 1.29 is 9.21 Å². The molecule has 0 aliphatic carbocycles. The van der Waals surface area contributed by atoms with Crippen LogP contribution in [0.3, 0.4) is 0 Å². The molecule has 0 bridgehead atoms. The monoisotopic (exact) mass is 391 g/mol. The Bertz CT molecular complexity index is 1190. The minimum absolute atomic E-state index is 0.0459. The van der Waals surface area contributed by atoms with Gasteiger partial charge in [-0.1, -0.05) is 18.2 Å². The normalized spacial score (nSPS) is 11.1. The van der Waals surface area contributed by atoms with Crippen LogP contribution in [-0.2, 0) is 19.4 Å². The molecule has 0 unspecified atom stereocenters. The lowest BCUT2D eigenvalue weighted by molar-refractivity contribution is 0.0947. The first-order valence-corrected chi connectivity index (χ1v) is 9.41. The highest BCUT2D eigenvalue weighted by Crippen LogP contribution is 2.19. The van der Waals surface area contributed by atoms with E-state index in [1.54, 1.807) is 30.2 Å². The van der Waals surface area contributed by atoms with Gasteiger partial charge in [0, 0.05) is 36.6 Å². The molecular weight excluding hydrogens is 370 g/mol. The summed E-state index contributed by atoms with van der Waals surface area (Å²) in [4.78, 5) is 28.1. The highest BCUT2D eigenvalue weighted by Gasteiger charge is 2.17. The largest absolute Gasteiger partial charge is 0.427 e. The lowest BCUT2D eigenvalue weighted by Crippen LogP contribution is -2.32. The molecule has 3 heterocycles. The fraction of sp³-hybridized carbons (Fsp3) is 0.238. The van der Waals surface area contributed by atoms with Crippen molar-refractivity contribution in [1.29, 1.82) is 0 Å². The minimum Gasteiger partial charge on any atom is -0.427 e. The van der Waals surface area contributed by atoms with Crippen LogP contribution in [0.1, 0.15) is 27.2 Å². The number of fused-ring (bicyclic) bond motifs is 1. The predicted octanol–water partition coefficient (Wildman–Crippen LogP) is 2.24. The fourth-order valence-electron chi connectivity index (χ4n) is 3.39. The van der Waals surface area contributed by atoms with Gasteiger partial charge in [-0.3, -0.25) is 4.79 Å². The van der Waals surface area contributed by atoms with Crippen LogP contribution in [0.4, 0.5) is 0 Å². The van der Waals surface area contributed by atoms with E-state index in [0.29, 0.717) is 30.8 Å². The van der Waals surface area contributed by atoms with Gasteiger partial charge in [0.25, 0.3) is 5.91 Å². The number of H-pyrrole nitrogens is 1. The Morgan fingerprint density at radius 1 is 1.21 bits per heavy atom. The predicted molar refractivity (Wildman–Crippen MR) is 108 cm³/mol. The second kappa shape index (κ2) is 8.14. The van der Waals surface area contributed by atoms with Gasteiger partial charge in [0.05, 0.1) is 0 Å². The summed E-state index contributed by atoms with van der Waals surface area (Å²) >= 11 is 0. The van der Waals surface area contributed by atoms with E-state index in [2.05, 4.69) is 26.6 Å². The van der Waals surface area contributed by atoms with Gasteiger partial charge in [-0.05, 0) is 36.6 Å². The quantitative estimate of drug-likeness (QED) is 0.503. The van der Waals surface area contributed by atoms with Crippen molar-refractivity contribution in [3.63, 3.8) is 0 Å². The Labute approximate surface area is 166 Å². The van der Waals surface area contributed by atoms with Gasteiger partial charge in [-0.25, -0.2) is 4.79 Å². The van der Waals surface area contributed by atoms with E-state index in [-0.39, 0.29) is 5.56 Å². The minimum atomic E-state index is -0.610. The van der Waals surface area contributed by atoms with E-state index in [9.17, 15) is 9.59 Å². The number of amides is 1. The first-order chi connectivity index (χ1) is 14.1. The van der Waals surface area contributed by atoms with Gasteiger partial charge in [0.15, 0.2) is 0 Å². The maximum Gasteiger partial charge on any atom is 0.349 e. The number of para-hydroxylation sites is 1. The van der Waals surface area contributed by atoms with Crippen molar-refractivity contribution in [2.24, 2.45) is 0 Å². The van der Waals surface area contributed by atoms with Crippen LogP contribution in [0.2, 0.25) is 0 Å². The van der Waals surface area contributed by atoms with Crippen molar-refractivity contribution in [2.45, 2.75) is 26.3 Å². The van der Waals surface area contributed by atoms with Gasteiger partial charge >= 0.3 is 5.63 Å². The Morgan fingerprint density at radius 2 is 2.00 bits per heavy atom. The topological polar surface area (TPSA) is 106 Å². The second-order valence-corrected chi connectivity index (χ2v) is 6.87. The zero-order chi connectivity index (χ0) is 20.2. The number of hydrogen-bond donors (Lipinski definition) is 2. The zero-order valence-corrected chi connectivity index (χ0v) is 16.0. The summed E-state index contributed by atoms with van der Waals surface area (Å²) in [7, 11) is 0. The SMILES string of the molecule is Cc1cc(CCc2c[nH]c3ccccc23)oc(=O)c1C(=O)NCCn1cnnc1. The molecule has 4 rings (SSSR count). The van der Waals surface area contributed by atoms with Gasteiger partial charge in [0.1, 0.15) is 24.0 Å². The molecule has 0 saturated carbocycles. The molecule has 0 radical (unpaired) electrons. The molecule has 8 nitrogen and oxygen atoms in total. The summed E-state index contributed by atoms with van der Waals surface area (Å²) < 4.78 is 7.16. The number of aryl methyl sites for hydroxylation is 3. The second-order valence-electron chi connectivity index (χ2n) is 6.87. The highest BCUT2D eigenvalue weighted by atomic mass is 16.4. The van der Waals surface area contributed by atoms with Crippen LogP contribution in [0, 0.1) is 6.92 Å². The van der Waals surface area contributed by atoms with E-state index in [0.717, 1.165) is 22.9 Å². The summed E-state index contributed by atoms with van der Waals surface area (Å²) in [6, 6.07) is 9.85. The van der Waals surface area contributed by atoms with Gasteiger partial charge < -0.3 is 19.3 Å². The molecule has 8 heteroatoms. The van der Waals surface area contributed by atoms with Gasteiger partial charge in [0.2, 0.25) is 0 Å². The fourth-order valence-corrected chi connectivity index (χ4v) is 3.39. The molecule has 0 saturated heterocycles. The van der Waals surface area contributed by atoms with Crippen molar-refractivity contribution in [2.75, 3.05) is 6.54 Å². The number of aromatic nitrogens is 4. The highest BCUT2D eigenvalue weighted by molar-refractivity contribution is 5.95. The maximum atomic E-state index is 12.4. The van der Waals surface area contributed by atoms with Crippen molar-refractivity contribution in [3.05, 3.63) is 82.1 Å². The Kier molecular flexibility index (Phi) is 5.24. The molecule has 0 aliphatic rings. The van der Waals surface area contributed by atoms with E-state index in [4.69, 9.17) is 4.42 Å². The Balaban J connectivity index is 1.42. The molecule has 0 aliphatic heterocycles. The molecule has 4 aromatic rings. The molecule has 2 N–H and O–H groups in total. The van der Waals surface area contributed by atoms with Crippen LogP contribution < -0.4 is 10.9 Å². The van der Waals surface area contributed by atoms with Crippen molar-refractivity contribution in [3.8, 4) is 0 Å². The molecule has 0 fully saturated rings. The van der Waals surface area contributed by atoms with E-state index in [1.807, 2.05) is 24.4 Å². The van der Waals surface area contributed by atoms with Gasteiger partial charge in [-0.2, -0.15) is 0 Å². The van der Waals surface area contributed by atoms with Crippen molar-refractivity contribution in [1.82, 2.24) is 25.1 Å². The summed E-state index contributed by atoms with van der Waals surface area (Å²) in [5, 5.41) is 11.3. The molecular formula is C21H21N5O3. The number of carbonyl (C=O) groups excluding carboxylic acids is 1. The van der Waals surface area contributed by atoms with Crippen LogP contribution in [0.15, 0.2) is 58.4 Å². The lowest BCUT2D eigenvalue weighted by atomic mass is 10.1. The Hall–Kier alpha value is -3.68. The standard InChI is InChI=1S/C21H21N5O3/c1-14-10-16(7-6-15-11-23-18-5-3-2-4-17(15)18)29-21(28)19(14)20(27)22-8-9-26-12-24-25-13-26/h2-5,10-13,23H,6-9H2,1H3,(H,22,27). The smallest absolute Gasteiger partial charge is 0.349 e. The summed E-state index contributed by atoms with van der Waals surface area (Å²) in [5.74, 6) is 0.131. The zero-order valence-electron chi connectivity index (χ0n) is 16.0. The molecule has 29 heavy (non-hydrogen) atoms. The van der Waals surface area contributed by atoms with E-state index in [1.165, 1.54) is 0 Å². The van der Waals surface area contributed by atoms with Crippen LogP contribution in [0.5, 0.6) is 0 Å². The number of benzene rings is 1. The summed E-state index contributed by atoms with van der Waals surface area (Å²) in [6.07, 6.45) is 6.42. The van der Waals surface area contributed by atoms with Crippen LogP contribution >= 0.6 is 0 Å². The van der Waals surface area contributed by atoms with Crippen LogP contribution in [0.25, 0.3) is 10.9 Å². The van der Waals surface area contributed by atoms with E-state index >= 15 is 0 Å². The molecule has 3 aromatic heterocycles. The lowest BCUT2D eigenvalue weighted by Gasteiger charge is -2.08. The number of rotatable bonds is 7.